The number of benzene rings is 1. The summed E-state index contributed by atoms with van der Waals surface area (Å²) < 4.78 is 5.51. The summed E-state index contributed by atoms with van der Waals surface area (Å²) in [6.45, 7) is 11.2. The van der Waals surface area contributed by atoms with E-state index in [4.69, 9.17) is 4.74 Å². The molecule has 0 bridgehead atoms. The summed E-state index contributed by atoms with van der Waals surface area (Å²) in [6.07, 6.45) is 1.17. The van der Waals surface area contributed by atoms with Crippen molar-refractivity contribution < 1.29 is 4.74 Å². The minimum Gasteiger partial charge on any atom is -0.377 e. The van der Waals surface area contributed by atoms with Crippen LogP contribution in [0.4, 0.5) is 0 Å². The molecule has 0 amide bonds. The third-order valence-electron chi connectivity index (χ3n) is 3.38. The molecule has 0 aliphatic heterocycles. The predicted molar refractivity (Wildman–Crippen MR) is 77.5 cm³/mol. The van der Waals surface area contributed by atoms with Crippen LogP contribution in [0.3, 0.4) is 0 Å². The Balaban J connectivity index is 2.60. The van der Waals surface area contributed by atoms with Crippen molar-refractivity contribution in [3.63, 3.8) is 0 Å². The normalized spacial score (nSPS) is 12.9. The second kappa shape index (κ2) is 8.28. The molecule has 0 aliphatic rings. The van der Waals surface area contributed by atoms with Gasteiger partial charge in [-0.15, -0.1) is 0 Å². The van der Waals surface area contributed by atoms with Crippen molar-refractivity contribution in [2.45, 2.75) is 53.3 Å². The highest BCUT2D eigenvalue weighted by molar-refractivity contribution is 5.26. The summed E-state index contributed by atoms with van der Waals surface area (Å²) in [7, 11) is 0. The van der Waals surface area contributed by atoms with Crippen molar-refractivity contribution in [2.24, 2.45) is 5.92 Å². The summed E-state index contributed by atoms with van der Waals surface area (Å²) in [6, 6.07) is 9.11. The van der Waals surface area contributed by atoms with Gasteiger partial charge in [-0.1, -0.05) is 45.0 Å². The quantitative estimate of drug-likeness (QED) is 0.757. The number of rotatable bonds is 8. The lowest BCUT2D eigenvalue weighted by Gasteiger charge is -2.21. The van der Waals surface area contributed by atoms with Crippen LogP contribution in [0.2, 0.25) is 0 Å². The fourth-order valence-electron chi connectivity index (χ4n) is 2.18. The van der Waals surface area contributed by atoms with Gasteiger partial charge in [0.2, 0.25) is 0 Å². The van der Waals surface area contributed by atoms with Crippen LogP contribution in [0.15, 0.2) is 24.3 Å². The SMILES string of the molecule is CCOCc1ccccc1CNC(CC)C(C)C. The van der Waals surface area contributed by atoms with E-state index in [-0.39, 0.29) is 0 Å². The van der Waals surface area contributed by atoms with Gasteiger partial charge in [0.15, 0.2) is 0 Å². The van der Waals surface area contributed by atoms with E-state index in [1.54, 1.807) is 0 Å². The van der Waals surface area contributed by atoms with Gasteiger partial charge in [-0.3, -0.25) is 0 Å². The predicted octanol–water partition coefficient (Wildman–Crippen LogP) is 3.75. The molecule has 0 spiro atoms. The van der Waals surface area contributed by atoms with Crippen LogP contribution in [-0.4, -0.2) is 12.6 Å². The molecule has 0 fully saturated rings. The van der Waals surface area contributed by atoms with Gasteiger partial charge in [0, 0.05) is 19.2 Å². The topological polar surface area (TPSA) is 21.3 Å². The lowest BCUT2D eigenvalue weighted by molar-refractivity contribution is 0.133. The van der Waals surface area contributed by atoms with Gasteiger partial charge in [0.05, 0.1) is 6.61 Å². The molecule has 0 saturated heterocycles. The molecule has 0 heterocycles. The van der Waals surface area contributed by atoms with Crippen LogP contribution in [0.5, 0.6) is 0 Å². The van der Waals surface area contributed by atoms with E-state index in [9.17, 15) is 0 Å². The molecular weight excluding hydrogens is 222 g/mol. The van der Waals surface area contributed by atoms with E-state index in [1.165, 1.54) is 17.5 Å². The monoisotopic (exact) mass is 249 g/mol. The third-order valence-corrected chi connectivity index (χ3v) is 3.38. The minimum atomic E-state index is 0.588. The van der Waals surface area contributed by atoms with E-state index in [0.29, 0.717) is 18.6 Å². The summed E-state index contributed by atoms with van der Waals surface area (Å²) in [5, 5.41) is 3.65. The van der Waals surface area contributed by atoms with E-state index < -0.39 is 0 Å². The number of hydrogen-bond donors (Lipinski definition) is 1. The van der Waals surface area contributed by atoms with Crippen LogP contribution in [-0.2, 0) is 17.9 Å². The zero-order valence-corrected chi connectivity index (χ0v) is 12.2. The maximum atomic E-state index is 5.51. The molecule has 1 N–H and O–H groups in total. The molecule has 1 aromatic carbocycles. The molecule has 102 valence electrons. The van der Waals surface area contributed by atoms with Gasteiger partial charge in [0.1, 0.15) is 0 Å². The molecular formula is C16H27NO. The fraction of sp³-hybridized carbons (Fsp3) is 0.625. The van der Waals surface area contributed by atoms with Crippen molar-refractivity contribution in [3.8, 4) is 0 Å². The second-order valence-corrected chi connectivity index (χ2v) is 5.05. The highest BCUT2D eigenvalue weighted by Crippen LogP contribution is 2.12. The van der Waals surface area contributed by atoms with Crippen molar-refractivity contribution >= 4 is 0 Å². The Morgan fingerprint density at radius 1 is 1.11 bits per heavy atom. The maximum absolute atomic E-state index is 5.51. The molecule has 0 saturated carbocycles. The van der Waals surface area contributed by atoms with Gasteiger partial charge in [-0.05, 0) is 30.4 Å². The summed E-state index contributed by atoms with van der Waals surface area (Å²) in [4.78, 5) is 0. The molecule has 1 atom stereocenters. The summed E-state index contributed by atoms with van der Waals surface area (Å²) in [5.41, 5.74) is 2.65. The Morgan fingerprint density at radius 3 is 2.33 bits per heavy atom. The Hall–Kier alpha value is -0.860. The number of nitrogens with one attached hydrogen (secondary N) is 1. The summed E-state index contributed by atoms with van der Waals surface area (Å²) >= 11 is 0. The molecule has 0 radical (unpaired) electrons. The van der Waals surface area contributed by atoms with Crippen LogP contribution in [0, 0.1) is 5.92 Å². The van der Waals surface area contributed by atoms with E-state index in [0.717, 1.165) is 13.2 Å². The van der Waals surface area contributed by atoms with Gasteiger partial charge in [-0.25, -0.2) is 0 Å². The first-order valence-electron chi connectivity index (χ1n) is 7.06. The zero-order valence-electron chi connectivity index (χ0n) is 12.2. The Bertz CT molecular complexity index is 336. The van der Waals surface area contributed by atoms with Crippen molar-refractivity contribution in [1.82, 2.24) is 5.32 Å². The number of hydrogen-bond acceptors (Lipinski definition) is 2. The van der Waals surface area contributed by atoms with Crippen molar-refractivity contribution in [3.05, 3.63) is 35.4 Å². The molecule has 1 rings (SSSR count). The van der Waals surface area contributed by atoms with Gasteiger partial charge in [0.25, 0.3) is 0 Å². The number of ether oxygens (including phenoxy) is 1. The maximum Gasteiger partial charge on any atom is 0.0719 e. The third kappa shape index (κ3) is 4.79. The summed E-state index contributed by atoms with van der Waals surface area (Å²) in [5.74, 6) is 0.675. The molecule has 18 heavy (non-hydrogen) atoms. The van der Waals surface area contributed by atoms with E-state index >= 15 is 0 Å². The van der Waals surface area contributed by atoms with Gasteiger partial charge >= 0.3 is 0 Å². The zero-order chi connectivity index (χ0) is 13.4. The molecule has 2 nitrogen and oxygen atoms in total. The van der Waals surface area contributed by atoms with Crippen LogP contribution in [0.25, 0.3) is 0 Å². The molecule has 1 aromatic rings. The Morgan fingerprint density at radius 2 is 1.78 bits per heavy atom. The van der Waals surface area contributed by atoms with Crippen molar-refractivity contribution in [2.75, 3.05) is 6.61 Å². The average molecular weight is 249 g/mol. The lowest BCUT2D eigenvalue weighted by atomic mass is 10.0. The van der Waals surface area contributed by atoms with Gasteiger partial charge < -0.3 is 10.1 Å². The first kappa shape index (κ1) is 15.2. The smallest absolute Gasteiger partial charge is 0.0719 e. The molecule has 1 unspecified atom stereocenters. The largest absolute Gasteiger partial charge is 0.377 e. The minimum absolute atomic E-state index is 0.588. The first-order chi connectivity index (χ1) is 8.69. The van der Waals surface area contributed by atoms with Crippen LogP contribution in [0.1, 0.15) is 45.2 Å². The van der Waals surface area contributed by atoms with Crippen LogP contribution < -0.4 is 5.32 Å². The van der Waals surface area contributed by atoms with Gasteiger partial charge in [-0.2, -0.15) is 0 Å². The van der Waals surface area contributed by atoms with Crippen molar-refractivity contribution in [1.29, 1.82) is 0 Å². The highest BCUT2D eigenvalue weighted by atomic mass is 16.5. The van der Waals surface area contributed by atoms with E-state index in [2.05, 4.69) is 50.4 Å². The average Bonchev–Trinajstić information content (AvgIpc) is 2.38. The van der Waals surface area contributed by atoms with E-state index in [1.807, 2.05) is 6.92 Å². The Kier molecular flexibility index (Phi) is 6.99. The first-order valence-corrected chi connectivity index (χ1v) is 7.06. The lowest BCUT2D eigenvalue weighted by Crippen LogP contribution is -2.32. The standard InChI is InChI=1S/C16H27NO/c1-5-16(13(3)4)17-11-14-9-7-8-10-15(14)12-18-6-2/h7-10,13,16-17H,5-6,11-12H2,1-4H3. The molecule has 2 heteroatoms. The molecule has 0 aliphatic carbocycles. The van der Waals surface area contributed by atoms with Crippen LogP contribution >= 0.6 is 0 Å². The Labute approximate surface area is 112 Å². The molecule has 0 aromatic heterocycles. The highest BCUT2D eigenvalue weighted by Gasteiger charge is 2.10. The fourth-order valence-corrected chi connectivity index (χ4v) is 2.18. The second-order valence-electron chi connectivity index (χ2n) is 5.05.